The molecule has 0 fully saturated rings. The van der Waals surface area contributed by atoms with Gasteiger partial charge < -0.3 is 14.6 Å². The molecule has 0 aliphatic heterocycles. The first-order valence-electron chi connectivity index (χ1n) is 6.62. The topological polar surface area (TPSA) is 89.9 Å². The van der Waals surface area contributed by atoms with Crippen LogP contribution in [0.15, 0.2) is 18.2 Å². The van der Waals surface area contributed by atoms with Gasteiger partial charge >= 0.3 is 5.97 Å². The monoisotopic (exact) mass is 316 g/mol. The number of hydrogen-bond acceptors (Lipinski definition) is 5. The van der Waals surface area contributed by atoms with E-state index in [-0.39, 0.29) is 17.9 Å². The van der Waals surface area contributed by atoms with Crippen LogP contribution < -0.4 is 9.47 Å². The average Bonchev–Trinajstić information content (AvgIpc) is 2.40. The Morgan fingerprint density at radius 2 is 1.90 bits per heavy atom. The lowest BCUT2D eigenvalue weighted by atomic mass is 10.2. The summed E-state index contributed by atoms with van der Waals surface area (Å²) in [5.74, 6) is -0.540. The highest BCUT2D eigenvalue weighted by Crippen LogP contribution is 2.28. The van der Waals surface area contributed by atoms with Crippen molar-refractivity contribution in [2.75, 3.05) is 19.0 Å². The molecular formula is C14H20O6S. The van der Waals surface area contributed by atoms with E-state index >= 15 is 0 Å². The molecule has 7 heteroatoms. The van der Waals surface area contributed by atoms with Crippen LogP contribution in [-0.2, 0) is 9.84 Å². The molecule has 0 aliphatic rings. The largest absolute Gasteiger partial charge is 0.490 e. The van der Waals surface area contributed by atoms with E-state index in [9.17, 15) is 13.2 Å². The van der Waals surface area contributed by atoms with E-state index in [0.29, 0.717) is 18.1 Å². The summed E-state index contributed by atoms with van der Waals surface area (Å²) >= 11 is 0. The zero-order valence-electron chi connectivity index (χ0n) is 12.3. The van der Waals surface area contributed by atoms with E-state index in [1.54, 1.807) is 20.8 Å². The van der Waals surface area contributed by atoms with Crippen LogP contribution in [0.5, 0.6) is 11.5 Å². The predicted molar refractivity (Wildman–Crippen MR) is 79.0 cm³/mol. The Bertz CT molecular complexity index is 591. The normalized spacial score (nSPS) is 11.4. The molecule has 6 nitrogen and oxygen atoms in total. The molecule has 1 aromatic carbocycles. The molecule has 1 rings (SSSR count). The van der Waals surface area contributed by atoms with Gasteiger partial charge in [0.2, 0.25) is 0 Å². The van der Waals surface area contributed by atoms with Crippen molar-refractivity contribution in [1.29, 1.82) is 0 Å². The van der Waals surface area contributed by atoms with E-state index in [1.165, 1.54) is 18.2 Å². The van der Waals surface area contributed by atoms with E-state index in [0.717, 1.165) is 0 Å². The number of hydrogen-bond donors (Lipinski definition) is 1. The summed E-state index contributed by atoms with van der Waals surface area (Å²) in [5.41, 5.74) is 0.0839. The maximum absolute atomic E-state index is 11.7. The Balaban J connectivity index is 2.81. The maximum Gasteiger partial charge on any atom is 0.335 e. The molecule has 0 bridgehead atoms. The van der Waals surface area contributed by atoms with Crippen molar-refractivity contribution in [3.63, 3.8) is 0 Å². The zero-order chi connectivity index (χ0) is 16.0. The van der Waals surface area contributed by atoms with Crippen molar-refractivity contribution < 1.29 is 27.8 Å². The smallest absolute Gasteiger partial charge is 0.335 e. The van der Waals surface area contributed by atoms with Gasteiger partial charge in [-0.3, -0.25) is 0 Å². The van der Waals surface area contributed by atoms with Crippen LogP contribution in [-0.4, -0.2) is 43.7 Å². The molecule has 0 saturated carbocycles. The number of rotatable bonds is 8. The number of sulfone groups is 1. The molecular weight excluding hydrogens is 296 g/mol. The van der Waals surface area contributed by atoms with Gasteiger partial charge in [-0.05, 0) is 39.0 Å². The Hall–Kier alpha value is -1.76. The lowest BCUT2D eigenvalue weighted by Gasteiger charge is -2.13. The van der Waals surface area contributed by atoms with Gasteiger partial charge in [0.1, 0.15) is 6.61 Å². The van der Waals surface area contributed by atoms with Gasteiger partial charge in [-0.15, -0.1) is 0 Å². The third kappa shape index (κ3) is 4.93. The van der Waals surface area contributed by atoms with Crippen molar-refractivity contribution in [1.82, 2.24) is 0 Å². The van der Waals surface area contributed by atoms with Crippen LogP contribution in [0.25, 0.3) is 0 Å². The quantitative estimate of drug-likeness (QED) is 0.789. The van der Waals surface area contributed by atoms with Crippen molar-refractivity contribution >= 4 is 15.8 Å². The summed E-state index contributed by atoms with van der Waals surface area (Å²) in [6, 6.07) is 4.21. The number of benzene rings is 1. The Labute approximate surface area is 124 Å². The molecule has 0 heterocycles. The molecule has 0 aliphatic carbocycles. The molecule has 0 unspecified atom stereocenters. The fourth-order valence-corrected chi connectivity index (χ4v) is 2.32. The van der Waals surface area contributed by atoms with Crippen LogP contribution in [0.4, 0.5) is 0 Å². The number of carbonyl (C=O) groups is 1. The first-order chi connectivity index (χ1) is 9.77. The summed E-state index contributed by atoms with van der Waals surface area (Å²) in [5, 5.41) is 8.48. The fraction of sp³-hybridized carbons (Fsp3) is 0.500. The first kappa shape index (κ1) is 17.3. The highest BCUT2D eigenvalue weighted by atomic mass is 32.2. The Morgan fingerprint density at radius 1 is 1.24 bits per heavy atom. The summed E-state index contributed by atoms with van der Waals surface area (Å²) in [4.78, 5) is 10.9. The van der Waals surface area contributed by atoms with E-state index in [2.05, 4.69) is 0 Å². The molecule has 118 valence electrons. The third-order valence-electron chi connectivity index (χ3n) is 2.83. The van der Waals surface area contributed by atoms with E-state index in [4.69, 9.17) is 14.6 Å². The van der Waals surface area contributed by atoms with E-state index in [1.807, 2.05) is 0 Å². The van der Waals surface area contributed by atoms with Gasteiger partial charge in [-0.2, -0.15) is 0 Å². The van der Waals surface area contributed by atoms with Gasteiger partial charge in [0.05, 0.1) is 23.2 Å². The summed E-state index contributed by atoms with van der Waals surface area (Å²) in [6.07, 6.45) is 0. The standard InChI is InChI=1S/C14H20O6S/c1-4-19-13-9-11(14(15)16)5-6-12(13)20-7-8-21(17,18)10(2)3/h5-6,9-10H,4,7-8H2,1-3H3,(H,15,16). The molecule has 0 spiro atoms. The lowest BCUT2D eigenvalue weighted by molar-refractivity contribution is 0.0696. The minimum Gasteiger partial charge on any atom is -0.490 e. The lowest BCUT2D eigenvalue weighted by Crippen LogP contribution is -2.22. The average molecular weight is 316 g/mol. The first-order valence-corrected chi connectivity index (χ1v) is 8.34. The van der Waals surface area contributed by atoms with Gasteiger partial charge in [0, 0.05) is 0 Å². The van der Waals surface area contributed by atoms with Gasteiger partial charge in [-0.1, -0.05) is 0 Å². The number of carboxylic acids is 1. The fourth-order valence-electron chi connectivity index (χ4n) is 1.53. The molecule has 1 aromatic rings. The minimum absolute atomic E-state index is 0.00694. The second kappa shape index (κ2) is 7.31. The van der Waals surface area contributed by atoms with Gasteiger partial charge in [0.25, 0.3) is 0 Å². The number of aromatic carboxylic acids is 1. The Kier molecular flexibility index (Phi) is 6.02. The molecule has 0 amide bonds. The molecule has 0 atom stereocenters. The highest BCUT2D eigenvalue weighted by molar-refractivity contribution is 7.91. The third-order valence-corrected chi connectivity index (χ3v) is 5.01. The molecule has 1 N–H and O–H groups in total. The molecule has 0 aromatic heterocycles. The minimum atomic E-state index is -3.18. The zero-order valence-corrected chi connectivity index (χ0v) is 13.1. The van der Waals surface area contributed by atoms with Crippen molar-refractivity contribution in [3.05, 3.63) is 23.8 Å². The summed E-state index contributed by atoms with van der Waals surface area (Å²) < 4.78 is 34.1. The second-order valence-corrected chi connectivity index (χ2v) is 7.34. The highest BCUT2D eigenvalue weighted by Gasteiger charge is 2.17. The van der Waals surface area contributed by atoms with Gasteiger partial charge in [-0.25, -0.2) is 13.2 Å². The summed E-state index contributed by atoms with van der Waals surface area (Å²) in [7, 11) is -3.18. The summed E-state index contributed by atoms with van der Waals surface area (Å²) in [6.45, 7) is 5.34. The van der Waals surface area contributed by atoms with Crippen LogP contribution in [0.1, 0.15) is 31.1 Å². The van der Waals surface area contributed by atoms with Crippen molar-refractivity contribution in [2.45, 2.75) is 26.0 Å². The number of ether oxygens (including phenoxy) is 2. The molecule has 0 radical (unpaired) electrons. The van der Waals surface area contributed by atoms with Crippen LogP contribution >= 0.6 is 0 Å². The van der Waals surface area contributed by atoms with Crippen molar-refractivity contribution in [2.24, 2.45) is 0 Å². The van der Waals surface area contributed by atoms with Crippen molar-refractivity contribution in [3.8, 4) is 11.5 Å². The van der Waals surface area contributed by atoms with Crippen LogP contribution in [0, 0.1) is 0 Å². The van der Waals surface area contributed by atoms with E-state index < -0.39 is 21.1 Å². The van der Waals surface area contributed by atoms with Crippen LogP contribution in [0.3, 0.4) is 0 Å². The van der Waals surface area contributed by atoms with Gasteiger partial charge in [0.15, 0.2) is 21.3 Å². The number of carboxylic acid groups (broad SMARTS) is 1. The SMILES string of the molecule is CCOc1cc(C(=O)O)ccc1OCCS(=O)(=O)C(C)C. The maximum atomic E-state index is 11.7. The molecule has 21 heavy (non-hydrogen) atoms. The second-order valence-electron chi connectivity index (χ2n) is 4.66. The Morgan fingerprint density at radius 3 is 2.43 bits per heavy atom. The predicted octanol–water partition coefficient (Wildman–Crippen LogP) is 1.99. The van der Waals surface area contributed by atoms with Crippen LogP contribution in [0.2, 0.25) is 0 Å². The molecule has 0 saturated heterocycles.